The molecule has 2 heterocycles. The zero-order valence-corrected chi connectivity index (χ0v) is 19.4. The Hall–Kier alpha value is -2.54. The maximum Gasteiger partial charge on any atom is 0.346 e. The highest BCUT2D eigenvalue weighted by Gasteiger charge is 2.14. The quantitative estimate of drug-likeness (QED) is 0.220. The maximum atomic E-state index is 12.6. The van der Waals surface area contributed by atoms with E-state index in [0.29, 0.717) is 16.2 Å². The lowest BCUT2D eigenvalue weighted by Crippen LogP contribution is -2.02. The van der Waals surface area contributed by atoms with Gasteiger partial charge in [-0.25, -0.2) is 9.78 Å². The van der Waals surface area contributed by atoms with Gasteiger partial charge in [-0.3, -0.25) is 0 Å². The zero-order valence-electron chi connectivity index (χ0n) is 15.4. The Labute approximate surface area is 193 Å². The number of hydrogen-bond donors (Lipinski definition) is 0. The van der Waals surface area contributed by atoms with Crippen LogP contribution in [-0.4, -0.2) is 4.98 Å². The second kappa shape index (κ2) is 7.95. The van der Waals surface area contributed by atoms with Crippen LogP contribution in [0, 0.1) is 0 Å². The van der Waals surface area contributed by atoms with Crippen LogP contribution >= 0.6 is 43.2 Å². The van der Waals surface area contributed by atoms with Crippen LogP contribution < -0.4 is 5.63 Å². The van der Waals surface area contributed by atoms with E-state index in [0.717, 1.165) is 31.2 Å². The molecule has 0 aliphatic carbocycles. The highest BCUT2D eigenvalue weighted by Crippen LogP contribution is 2.33. The predicted molar refractivity (Wildman–Crippen MR) is 130 cm³/mol. The molecular formula is C24H13Br2NO2S. The summed E-state index contributed by atoms with van der Waals surface area (Å²) in [6.45, 7) is 0. The van der Waals surface area contributed by atoms with Crippen molar-refractivity contribution in [2.45, 2.75) is 0 Å². The smallest absolute Gasteiger partial charge is 0.346 e. The van der Waals surface area contributed by atoms with E-state index in [9.17, 15) is 4.79 Å². The van der Waals surface area contributed by atoms with Crippen molar-refractivity contribution in [2.24, 2.45) is 0 Å². The monoisotopic (exact) mass is 537 g/mol. The molecule has 3 nitrogen and oxygen atoms in total. The Balaban J connectivity index is 1.51. The molecule has 0 saturated carbocycles. The van der Waals surface area contributed by atoms with Gasteiger partial charge in [0.1, 0.15) is 5.01 Å². The Morgan fingerprint density at radius 3 is 2.30 bits per heavy atom. The summed E-state index contributed by atoms with van der Waals surface area (Å²) in [7, 11) is 0. The van der Waals surface area contributed by atoms with Gasteiger partial charge in [-0.05, 0) is 45.3 Å². The molecule has 0 spiro atoms. The molecule has 2 aromatic heterocycles. The lowest BCUT2D eigenvalue weighted by Gasteiger charge is -2.03. The largest absolute Gasteiger partial charge is 0.421 e. The van der Waals surface area contributed by atoms with Crippen molar-refractivity contribution in [1.82, 2.24) is 4.98 Å². The molecule has 0 atom stereocenters. The summed E-state index contributed by atoms with van der Waals surface area (Å²) < 4.78 is 7.19. The van der Waals surface area contributed by atoms with Gasteiger partial charge in [0.2, 0.25) is 0 Å². The molecule has 0 amide bonds. The minimum atomic E-state index is -0.397. The van der Waals surface area contributed by atoms with E-state index in [1.807, 2.05) is 41.8 Å². The van der Waals surface area contributed by atoms with Gasteiger partial charge in [-0.15, -0.1) is 11.3 Å². The van der Waals surface area contributed by atoms with Crippen molar-refractivity contribution in [3.05, 3.63) is 97.5 Å². The third-order valence-corrected chi connectivity index (χ3v) is 6.70. The van der Waals surface area contributed by atoms with E-state index >= 15 is 0 Å². The molecule has 5 rings (SSSR count). The molecule has 0 aliphatic heterocycles. The maximum absolute atomic E-state index is 12.6. The number of halogens is 2. The highest BCUT2D eigenvalue weighted by molar-refractivity contribution is 9.11. The van der Waals surface area contributed by atoms with Gasteiger partial charge in [0.15, 0.2) is 5.58 Å². The third kappa shape index (κ3) is 3.67. The molecule has 0 saturated heterocycles. The summed E-state index contributed by atoms with van der Waals surface area (Å²) in [6.07, 6.45) is 0. The summed E-state index contributed by atoms with van der Waals surface area (Å²) in [5.41, 5.74) is 4.77. The molecule has 0 bridgehead atoms. The summed E-state index contributed by atoms with van der Waals surface area (Å²) in [6, 6.07) is 24.1. The topological polar surface area (TPSA) is 43.1 Å². The van der Waals surface area contributed by atoms with E-state index in [2.05, 4.69) is 68.3 Å². The number of thiazole rings is 1. The van der Waals surface area contributed by atoms with E-state index < -0.39 is 5.63 Å². The Kier molecular flexibility index (Phi) is 5.15. The SMILES string of the molecule is O=c1oc2c(Br)cc(Br)cc2cc1-c1nc(-c2ccc(-c3ccccc3)cc2)cs1. The van der Waals surface area contributed by atoms with Crippen LogP contribution in [0.2, 0.25) is 0 Å². The average molecular weight is 539 g/mol. The molecule has 0 unspecified atom stereocenters. The summed E-state index contributed by atoms with van der Waals surface area (Å²) in [5.74, 6) is 0. The first-order valence-corrected chi connectivity index (χ1v) is 11.6. The first kappa shape index (κ1) is 19.4. The lowest BCUT2D eigenvalue weighted by molar-refractivity contribution is 0.561. The van der Waals surface area contributed by atoms with Gasteiger partial charge in [0.25, 0.3) is 0 Å². The van der Waals surface area contributed by atoms with Crippen LogP contribution in [0.5, 0.6) is 0 Å². The van der Waals surface area contributed by atoms with Crippen LogP contribution in [-0.2, 0) is 0 Å². The molecule has 0 radical (unpaired) electrons. The third-order valence-electron chi connectivity index (χ3n) is 4.77. The van der Waals surface area contributed by atoms with Crippen LogP contribution in [0.15, 0.2) is 96.3 Å². The van der Waals surface area contributed by atoms with E-state index in [1.165, 1.54) is 16.9 Å². The molecule has 0 N–H and O–H groups in total. The standard InChI is InChI=1S/C24H13Br2NO2S/c25-18-10-17-11-19(24(28)29-22(17)20(26)12-18)23-27-21(13-30-23)16-8-6-15(7-9-16)14-4-2-1-3-5-14/h1-13H. The zero-order chi connectivity index (χ0) is 20.7. The van der Waals surface area contributed by atoms with Gasteiger partial charge in [-0.1, -0.05) is 70.5 Å². The van der Waals surface area contributed by atoms with Crippen LogP contribution in [0.1, 0.15) is 0 Å². The predicted octanol–water partition coefficient (Wildman–Crippen LogP) is 7.78. The normalized spacial score (nSPS) is 11.1. The fourth-order valence-corrected chi connectivity index (χ4v) is 5.47. The summed E-state index contributed by atoms with van der Waals surface area (Å²) in [4.78, 5) is 17.3. The Bertz CT molecular complexity index is 1420. The van der Waals surface area contributed by atoms with Crippen molar-refractivity contribution in [1.29, 1.82) is 0 Å². The van der Waals surface area contributed by atoms with Crippen molar-refractivity contribution >= 4 is 54.2 Å². The number of hydrogen-bond acceptors (Lipinski definition) is 4. The van der Waals surface area contributed by atoms with Gasteiger partial charge >= 0.3 is 5.63 Å². The van der Waals surface area contributed by atoms with Crippen molar-refractivity contribution in [2.75, 3.05) is 0 Å². The second-order valence-corrected chi connectivity index (χ2v) is 9.36. The molecule has 0 fully saturated rings. The van der Waals surface area contributed by atoms with Crippen LogP contribution in [0.25, 0.3) is 43.9 Å². The number of fused-ring (bicyclic) bond motifs is 1. The van der Waals surface area contributed by atoms with E-state index in [-0.39, 0.29) is 0 Å². The minimum absolute atomic E-state index is 0.397. The molecule has 6 heteroatoms. The molecule has 3 aromatic carbocycles. The summed E-state index contributed by atoms with van der Waals surface area (Å²) >= 11 is 8.36. The number of aromatic nitrogens is 1. The Morgan fingerprint density at radius 2 is 1.53 bits per heavy atom. The van der Waals surface area contributed by atoms with Crippen LogP contribution in [0.3, 0.4) is 0 Å². The second-order valence-electron chi connectivity index (χ2n) is 6.73. The van der Waals surface area contributed by atoms with Gasteiger partial charge in [0.05, 0.1) is 15.7 Å². The Morgan fingerprint density at radius 1 is 0.833 bits per heavy atom. The number of rotatable bonds is 3. The number of benzene rings is 3. The summed E-state index contributed by atoms with van der Waals surface area (Å²) in [5, 5.41) is 3.44. The van der Waals surface area contributed by atoms with Gasteiger partial charge in [-0.2, -0.15) is 0 Å². The first-order chi connectivity index (χ1) is 14.6. The molecule has 0 aliphatic rings. The van der Waals surface area contributed by atoms with E-state index in [1.54, 1.807) is 0 Å². The first-order valence-electron chi connectivity index (χ1n) is 9.13. The molecule has 5 aromatic rings. The number of nitrogens with zero attached hydrogens (tertiary/aromatic N) is 1. The van der Waals surface area contributed by atoms with Crippen molar-refractivity contribution < 1.29 is 4.42 Å². The van der Waals surface area contributed by atoms with Crippen molar-refractivity contribution in [3.8, 4) is 33.0 Å². The minimum Gasteiger partial charge on any atom is -0.421 e. The van der Waals surface area contributed by atoms with E-state index in [4.69, 9.17) is 9.40 Å². The fraction of sp³-hybridized carbons (Fsp3) is 0. The van der Waals surface area contributed by atoms with Gasteiger partial charge < -0.3 is 4.42 Å². The lowest BCUT2D eigenvalue weighted by atomic mass is 10.0. The molecular weight excluding hydrogens is 526 g/mol. The fourth-order valence-electron chi connectivity index (χ4n) is 3.30. The van der Waals surface area contributed by atoms with Crippen molar-refractivity contribution in [3.63, 3.8) is 0 Å². The van der Waals surface area contributed by atoms with Crippen LogP contribution in [0.4, 0.5) is 0 Å². The highest BCUT2D eigenvalue weighted by atomic mass is 79.9. The molecule has 146 valence electrons. The molecule has 30 heavy (non-hydrogen) atoms. The van der Waals surface area contributed by atoms with Gasteiger partial charge in [0, 0.05) is 20.8 Å². The average Bonchev–Trinajstić information content (AvgIpc) is 3.25.